The Morgan fingerprint density at radius 2 is 1.78 bits per heavy atom. The predicted octanol–water partition coefficient (Wildman–Crippen LogP) is 4.48. The second-order valence-corrected chi connectivity index (χ2v) is 6.17. The van der Waals surface area contributed by atoms with Gasteiger partial charge in [0.15, 0.2) is 11.5 Å². The van der Waals surface area contributed by atoms with Gasteiger partial charge in [-0.2, -0.15) is 13.2 Å². The van der Waals surface area contributed by atoms with Crippen LogP contribution in [0.2, 0.25) is 0 Å². The van der Waals surface area contributed by atoms with Crippen molar-refractivity contribution in [3.8, 4) is 0 Å². The van der Waals surface area contributed by atoms with Crippen molar-refractivity contribution in [3.63, 3.8) is 0 Å². The van der Waals surface area contributed by atoms with Gasteiger partial charge in [0.25, 0.3) is 0 Å². The molecule has 0 saturated carbocycles. The van der Waals surface area contributed by atoms with Gasteiger partial charge < -0.3 is 0 Å². The highest BCUT2D eigenvalue weighted by Crippen LogP contribution is 2.31. The van der Waals surface area contributed by atoms with E-state index in [9.17, 15) is 13.2 Å². The van der Waals surface area contributed by atoms with Crippen molar-refractivity contribution >= 4 is 28.7 Å². The van der Waals surface area contributed by atoms with E-state index < -0.39 is 11.7 Å². The molecule has 5 nitrogen and oxygen atoms in total. The molecule has 0 fully saturated rings. The number of benzene rings is 1. The third kappa shape index (κ3) is 3.25. The molecule has 4 aromatic rings. The molecule has 0 N–H and O–H groups in total. The monoisotopic (exact) mass is 369 g/mol. The molecule has 0 aliphatic carbocycles. The lowest BCUT2D eigenvalue weighted by atomic mass is 10.1. The van der Waals surface area contributed by atoms with Gasteiger partial charge in [0.2, 0.25) is 0 Å². The summed E-state index contributed by atoms with van der Waals surface area (Å²) in [4.78, 5) is 13.0. The van der Waals surface area contributed by atoms with Crippen LogP contribution in [0.4, 0.5) is 13.2 Å². The van der Waals surface area contributed by atoms with E-state index >= 15 is 0 Å². The number of nitrogens with zero attached hydrogens (tertiary/aromatic N) is 5. The number of alkyl halides is 3. The van der Waals surface area contributed by atoms with Crippen LogP contribution in [0.1, 0.15) is 28.5 Å². The predicted molar refractivity (Wildman–Crippen MR) is 95.9 cm³/mol. The normalized spacial score (nSPS) is 12.5. The number of hydrogen-bond acceptors (Lipinski definition) is 4. The molecular weight excluding hydrogens is 355 g/mol. The molecule has 0 saturated heterocycles. The summed E-state index contributed by atoms with van der Waals surface area (Å²) in [6.45, 7) is 3.73. The van der Waals surface area contributed by atoms with Crippen molar-refractivity contribution in [2.24, 2.45) is 0 Å². The summed E-state index contributed by atoms with van der Waals surface area (Å²) in [5.41, 5.74) is 2.36. The van der Waals surface area contributed by atoms with Crippen molar-refractivity contribution < 1.29 is 13.2 Å². The molecule has 136 valence electrons. The van der Waals surface area contributed by atoms with Crippen molar-refractivity contribution in [3.05, 3.63) is 65.0 Å². The molecule has 3 aromatic heterocycles. The van der Waals surface area contributed by atoms with Crippen LogP contribution in [0.25, 0.3) is 28.7 Å². The van der Waals surface area contributed by atoms with Crippen LogP contribution in [-0.2, 0) is 6.18 Å². The lowest BCUT2D eigenvalue weighted by Crippen LogP contribution is -2.04. The maximum atomic E-state index is 12.9. The minimum Gasteiger partial charge on any atom is -0.256 e. The number of fused-ring (bicyclic) bond motifs is 2. The number of halogens is 3. The lowest BCUT2D eigenvalue weighted by Gasteiger charge is -2.07. The zero-order valence-corrected chi connectivity index (χ0v) is 14.5. The van der Waals surface area contributed by atoms with Crippen LogP contribution in [0.3, 0.4) is 0 Å². The quantitative estimate of drug-likeness (QED) is 0.523. The lowest BCUT2D eigenvalue weighted by molar-refractivity contribution is -0.137. The van der Waals surface area contributed by atoms with E-state index in [0.29, 0.717) is 22.6 Å². The molecule has 0 spiro atoms. The van der Waals surface area contributed by atoms with E-state index in [2.05, 4.69) is 20.1 Å². The fourth-order valence-corrected chi connectivity index (χ4v) is 2.74. The summed E-state index contributed by atoms with van der Waals surface area (Å²) in [7, 11) is 0. The second kappa shape index (κ2) is 6.15. The topological polar surface area (TPSA) is 56.0 Å². The van der Waals surface area contributed by atoms with Crippen LogP contribution in [0.15, 0.2) is 36.5 Å². The molecule has 0 radical (unpaired) electrons. The van der Waals surface area contributed by atoms with Crippen LogP contribution in [0, 0.1) is 13.8 Å². The Morgan fingerprint density at radius 1 is 1.00 bits per heavy atom. The SMILES string of the molecule is Cc1ncc(C)n2nc(/C=C/c3ccc4ccc(C(F)(F)F)cc4n3)nc12. The number of pyridine rings is 1. The van der Waals surface area contributed by atoms with E-state index in [0.717, 1.165) is 23.5 Å². The highest BCUT2D eigenvalue weighted by Gasteiger charge is 2.30. The van der Waals surface area contributed by atoms with Crippen LogP contribution in [-0.4, -0.2) is 24.6 Å². The molecule has 1 aromatic carbocycles. The molecule has 0 amide bonds. The first-order valence-electron chi connectivity index (χ1n) is 8.16. The zero-order valence-electron chi connectivity index (χ0n) is 14.5. The van der Waals surface area contributed by atoms with Gasteiger partial charge in [-0.3, -0.25) is 4.98 Å². The Bertz CT molecular complexity index is 1150. The van der Waals surface area contributed by atoms with Gasteiger partial charge in [-0.15, -0.1) is 5.10 Å². The summed E-state index contributed by atoms with van der Waals surface area (Å²) in [6, 6.07) is 6.99. The number of rotatable bonds is 2. The zero-order chi connectivity index (χ0) is 19.2. The van der Waals surface area contributed by atoms with Crippen LogP contribution >= 0.6 is 0 Å². The Balaban J connectivity index is 1.70. The summed E-state index contributed by atoms with van der Waals surface area (Å²) < 4.78 is 40.4. The standard InChI is InChI=1S/C19H14F3N5/c1-11-10-23-12(2)18-25-17(26-27(11)18)8-7-15-6-4-13-3-5-14(19(20,21)22)9-16(13)24-15/h3-10H,1-2H3/b8-7+. The van der Waals surface area contributed by atoms with Crippen molar-refractivity contribution in [1.82, 2.24) is 24.6 Å². The van der Waals surface area contributed by atoms with E-state index in [1.54, 1.807) is 35.0 Å². The third-order valence-electron chi connectivity index (χ3n) is 4.17. The summed E-state index contributed by atoms with van der Waals surface area (Å²) in [5.74, 6) is 0.472. The number of aromatic nitrogens is 5. The largest absolute Gasteiger partial charge is 0.416 e. The Hall–Kier alpha value is -3.29. The van der Waals surface area contributed by atoms with Crippen LogP contribution in [0.5, 0.6) is 0 Å². The third-order valence-corrected chi connectivity index (χ3v) is 4.17. The number of aryl methyl sites for hydroxylation is 2. The smallest absolute Gasteiger partial charge is 0.256 e. The highest BCUT2D eigenvalue weighted by molar-refractivity contribution is 5.81. The Kier molecular flexibility index (Phi) is 3.91. The average molecular weight is 369 g/mol. The molecule has 27 heavy (non-hydrogen) atoms. The first-order valence-corrected chi connectivity index (χ1v) is 8.16. The summed E-state index contributed by atoms with van der Waals surface area (Å²) in [6.07, 6.45) is 0.666. The molecule has 4 rings (SSSR count). The van der Waals surface area contributed by atoms with Gasteiger partial charge in [0.05, 0.1) is 28.2 Å². The molecular formula is C19H14F3N5. The van der Waals surface area contributed by atoms with E-state index in [-0.39, 0.29) is 5.52 Å². The van der Waals surface area contributed by atoms with Gasteiger partial charge in [-0.1, -0.05) is 12.1 Å². The van der Waals surface area contributed by atoms with Gasteiger partial charge in [-0.25, -0.2) is 14.5 Å². The van der Waals surface area contributed by atoms with E-state index in [1.807, 2.05) is 13.8 Å². The molecule has 0 atom stereocenters. The second-order valence-electron chi connectivity index (χ2n) is 6.17. The van der Waals surface area contributed by atoms with Crippen molar-refractivity contribution in [1.29, 1.82) is 0 Å². The first kappa shape index (κ1) is 17.1. The average Bonchev–Trinajstić information content (AvgIpc) is 3.07. The van der Waals surface area contributed by atoms with Crippen LogP contribution < -0.4 is 0 Å². The first-order chi connectivity index (χ1) is 12.8. The molecule has 8 heteroatoms. The maximum absolute atomic E-state index is 12.9. The molecule has 0 aliphatic rings. The highest BCUT2D eigenvalue weighted by atomic mass is 19.4. The summed E-state index contributed by atoms with van der Waals surface area (Å²) in [5, 5.41) is 5.04. The fraction of sp³-hybridized carbons (Fsp3) is 0.158. The van der Waals surface area contributed by atoms with Gasteiger partial charge in [0, 0.05) is 11.6 Å². The van der Waals surface area contributed by atoms with Crippen molar-refractivity contribution in [2.45, 2.75) is 20.0 Å². The fourth-order valence-electron chi connectivity index (χ4n) is 2.74. The number of hydrogen-bond donors (Lipinski definition) is 0. The maximum Gasteiger partial charge on any atom is 0.416 e. The Morgan fingerprint density at radius 3 is 2.52 bits per heavy atom. The Labute approximate surface area is 152 Å². The minimum atomic E-state index is -4.40. The molecule has 0 bridgehead atoms. The van der Waals surface area contributed by atoms with Crippen molar-refractivity contribution in [2.75, 3.05) is 0 Å². The minimum absolute atomic E-state index is 0.283. The summed E-state index contributed by atoms with van der Waals surface area (Å²) >= 11 is 0. The van der Waals surface area contributed by atoms with Gasteiger partial charge in [0.1, 0.15) is 0 Å². The van der Waals surface area contributed by atoms with E-state index in [1.165, 1.54) is 6.07 Å². The van der Waals surface area contributed by atoms with Gasteiger partial charge >= 0.3 is 6.18 Å². The molecule has 0 aliphatic heterocycles. The molecule has 0 unspecified atom stereocenters. The van der Waals surface area contributed by atoms with Gasteiger partial charge in [-0.05, 0) is 44.2 Å². The molecule has 3 heterocycles. The van der Waals surface area contributed by atoms with E-state index in [4.69, 9.17) is 0 Å².